The quantitative estimate of drug-likeness (QED) is 0.714. The van der Waals surface area contributed by atoms with Crippen LogP contribution in [0.25, 0.3) is 0 Å². The molecule has 6 heteroatoms. The third kappa shape index (κ3) is 5.28. The van der Waals surface area contributed by atoms with Crippen LogP contribution in [0.5, 0.6) is 5.75 Å². The zero-order valence-corrected chi connectivity index (χ0v) is 18.3. The van der Waals surface area contributed by atoms with Crippen LogP contribution in [0.2, 0.25) is 0 Å². The van der Waals surface area contributed by atoms with Gasteiger partial charge in [0.15, 0.2) is 0 Å². The summed E-state index contributed by atoms with van der Waals surface area (Å²) < 4.78 is 5.99. The number of nitrogens with zero attached hydrogens (tertiary/aromatic N) is 3. The molecule has 2 aliphatic heterocycles. The minimum absolute atomic E-state index is 0.000215. The van der Waals surface area contributed by atoms with Crippen molar-refractivity contribution in [3.8, 4) is 11.8 Å². The van der Waals surface area contributed by atoms with Gasteiger partial charge < -0.3 is 14.5 Å². The normalized spacial score (nSPS) is 18.7. The number of hydrogen-bond donors (Lipinski definition) is 0. The summed E-state index contributed by atoms with van der Waals surface area (Å²) in [5.74, 6) is 1.11. The molecule has 0 aromatic heterocycles. The molecule has 1 atom stereocenters. The minimum Gasteiger partial charge on any atom is -0.493 e. The summed E-state index contributed by atoms with van der Waals surface area (Å²) in [6, 6.07) is 16.3. The Bertz CT molecular complexity index is 973. The van der Waals surface area contributed by atoms with Crippen molar-refractivity contribution in [1.29, 1.82) is 5.26 Å². The molecule has 2 aliphatic rings. The van der Waals surface area contributed by atoms with E-state index in [9.17, 15) is 9.59 Å². The number of amides is 2. The number of nitriles is 1. The molecule has 2 aromatic carbocycles. The summed E-state index contributed by atoms with van der Waals surface area (Å²) in [6.07, 6.45) is 5.33. The summed E-state index contributed by atoms with van der Waals surface area (Å²) in [4.78, 5) is 29.2. The summed E-state index contributed by atoms with van der Waals surface area (Å²) in [5.41, 5.74) is 1.87. The fourth-order valence-electron chi connectivity index (χ4n) is 4.44. The maximum Gasteiger partial charge on any atom is 0.253 e. The van der Waals surface area contributed by atoms with E-state index in [4.69, 9.17) is 10.00 Å². The van der Waals surface area contributed by atoms with E-state index in [1.165, 1.54) is 6.42 Å². The van der Waals surface area contributed by atoms with E-state index in [2.05, 4.69) is 6.07 Å². The van der Waals surface area contributed by atoms with E-state index in [1.54, 1.807) is 24.3 Å². The van der Waals surface area contributed by atoms with Crippen LogP contribution in [0, 0.1) is 17.2 Å². The van der Waals surface area contributed by atoms with Crippen molar-refractivity contribution in [2.24, 2.45) is 5.92 Å². The third-order valence-electron chi connectivity index (χ3n) is 6.30. The van der Waals surface area contributed by atoms with Crippen molar-refractivity contribution in [1.82, 2.24) is 9.80 Å². The summed E-state index contributed by atoms with van der Waals surface area (Å²) in [7, 11) is 0. The smallest absolute Gasteiger partial charge is 0.253 e. The first kappa shape index (κ1) is 21.9. The van der Waals surface area contributed by atoms with Gasteiger partial charge in [0.1, 0.15) is 5.75 Å². The summed E-state index contributed by atoms with van der Waals surface area (Å²) in [5, 5.41) is 8.93. The maximum atomic E-state index is 12.8. The first-order chi connectivity index (χ1) is 15.6. The van der Waals surface area contributed by atoms with Crippen LogP contribution in [-0.2, 0) is 0 Å². The highest BCUT2D eigenvalue weighted by Crippen LogP contribution is 2.22. The number of carbonyl (C=O) groups is 2. The lowest BCUT2D eigenvalue weighted by molar-refractivity contribution is 0.0633. The number of ether oxygens (including phenoxy) is 1. The first-order valence-corrected chi connectivity index (χ1v) is 11.5. The molecule has 0 saturated carbocycles. The van der Waals surface area contributed by atoms with Crippen LogP contribution in [0.15, 0.2) is 48.5 Å². The molecule has 2 fully saturated rings. The molecule has 0 spiro atoms. The van der Waals surface area contributed by atoms with Crippen LogP contribution in [0.4, 0.5) is 0 Å². The molecule has 0 N–H and O–H groups in total. The predicted molar refractivity (Wildman–Crippen MR) is 121 cm³/mol. The zero-order valence-electron chi connectivity index (χ0n) is 18.3. The van der Waals surface area contributed by atoms with Gasteiger partial charge in [-0.3, -0.25) is 9.59 Å². The van der Waals surface area contributed by atoms with E-state index in [-0.39, 0.29) is 17.7 Å². The Morgan fingerprint density at radius 3 is 2.09 bits per heavy atom. The number of piperidine rings is 2. The van der Waals surface area contributed by atoms with Gasteiger partial charge in [0, 0.05) is 43.2 Å². The third-order valence-corrected chi connectivity index (χ3v) is 6.30. The molecule has 32 heavy (non-hydrogen) atoms. The van der Waals surface area contributed by atoms with Gasteiger partial charge in [-0.1, -0.05) is 0 Å². The number of hydrogen-bond acceptors (Lipinski definition) is 4. The van der Waals surface area contributed by atoms with E-state index in [0.29, 0.717) is 29.8 Å². The summed E-state index contributed by atoms with van der Waals surface area (Å²) >= 11 is 0. The number of likely N-dealkylation sites (tertiary alicyclic amines) is 2. The Hall–Kier alpha value is -3.33. The van der Waals surface area contributed by atoms with Crippen LogP contribution in [0.1, 0.15) is 58.4 Å². The van der Waals surface area contributed by atoms with Gasteiger partial charge in [-0.2, -0.15) is 5.26 Å². The van der Waals surface area contributed by atoms with Crippen LogP contribution in [-0.4, -0.2) is 54.4 Å². The Morgan fingerprint density at radius 1 is 0.844 bits per heavy atom. The van der Waals surface area contributed by atoms with Crippen LogP contribution in [0.3, 0.4) is 0 Å². The molecule has 0 aliphatic carbocycles. The standard InChI is InChI=1S/C26H29N3O3/c27-17-20-6-8-22(9-7-20)26(31)29-16-4-5-21(18-29)19-32-24-12-10-23(11-13-24)25(30)28-14-2-1-3-15-28/h6-13,21H,1-5,14-16,18-19H2/t21-/m1/s1. The van der Waals surface area contributed by atoms with Gasteiger partial charge in [-0.25, -0.2) is 0 Å². The highest BCUT2D eigenvalue weighted by Gasteiger charge is 2.25. The Kier molecular flexibility index (Phi) is 7.06. The highest BCUT2D eigenvalue weighted by molar-refractivity contribution is 5.95. The second-order valence-corrected chi connectivity index (χ2v) is 8.64. The largest absolute Gasteiger partial charge is 0.493 e. The fraction of sp³-hybridized carbons (Fsp3) is 0.423. The van der Waals surface area contributed by atoms with Crippen molar-refractivity contribution in [3.63, 3.8) is 0 Å². The topological polar surface area (TPSA) is 73.6 Å². The van der Waals surface area contributed by atoms with Gasteiger partial charge in [0.05, 0.1) is 18.2 Å². The number of rotatable bonds is 5. The van der Waals surface area contributed by atoms with Gasteiger partial charge in [0.2, 0.25) is 0 Å². The zero-order chi connectivity index (χ0) is 22.3. The average molecular weight is 432 g/mol. The Labute approximate surface area is 189 Å². The molecule has 0 bridgehead atoms. The van der Waals surface area contributed by atoms with E-state index < -0.39 is 0 Å². The van der Waals surface area contributed by atoms with Crippen molar-refractivity contribution >= 4 is 11.8 Å². The van der Waals surface area contributed by atoms with E-state index in [0.717, 1.165) is 51.1 Å². The minimum atomic E-state index is -0.000215. The van der Waals surface area contributed by atoms with Crippen LogP contribution >= 0.6 is 0 Å². The second-order valence-electron chi connectivity index (χ2n) is 8.64. The van der Waals surface area contributed by atoms with Crippen molar-refractivity contribution < 1.29 is 14.3 Å². The molecule has 0 unspecified atom stereocenters. The molecule has 2 amide bonds. The molecule has 6 nitrogen and oxygen atoms in total. The van der Waals surface area contributed by atoms with Gasteiger partial charge in [-0.05, 0) is 80.6 Å². The maximum absolute atomic E-state index is 12.8. The van der Waals surface area contributed by atoms with Gasteiger partial charge >= 0.3 is 0 Å². The van der Waals surface area contributed by atoms with E-state index in [1.807, 2.05) is 34.1 Å². The number of benzene rings is 2. The average Bonchev–Trinajstić information content (AvgIpc) is 2.87. The molecule has 166 valence electrons. The van der Waals surface area contributed by atoms with Gasteiger partial charge in [-0.15, -0.1) is 0 Å². The lowest BCUT2D eigenvalue weighted by Gasteiger charge is -2.32. The lowest BCUT2D eigenvalue weighted by atomic mass is 9.98. The van der Waals surface area contributed by atoms with Crippen molar-refractivity contribution in [2.75, 3.05) is 32.8 Å². The lowest BCUT2D eigenvalue weighted by Crippen LogP contribution is -2.41. The van der Waals surface area contributed by atoms with Gasteiger partial charge in [0.25, 0.3) is 11.8 Å². The SMILES string of the molecule is N#Cc1ccc(C(=O)N2CCC[C@@H](COc3ccc(C(=O)N4CCCCC4)cc3)C2)cc1. The molecule has 2 aromatic rings. The molecular formula is C26H29N3O3. The van der Waals surface area contributed by atoms with Crippen molar-refractivity contribution in [2.45, 2.75) is 32.1 Å². The number of carbonyl (C=O) groups excluding carboxylic acids is 2. The Balaban J connectivity index is 1.29. The molecular weight excluding hydrogens is 402 g/mol. The van der Waals surface area contributed by atoms with Crippen LogP contribution < -0.4 is 4.74 Å². The molecule has 2 saturated heterocycles. The molecule has 4 rings (SSSR count). The summed E-state index contributed by atoms with van der Waals surface area (Å²) in [6.45, 7) is 3.62. The fourth-order valence-corrected chi connectivity index (χ4v) is 4.44. The highest BCUT2D eigenvalue weighted by atomic mass is 16.5. The monoisotopic (exact) mass is 431 g/mol. The molecule has 0 radical (unpaired) electrons. The molecule has 2 heterocycles. The predicted octanol–water partition coefficient (Wildman–Crippen LogP) is 4.12. The van der Waals surface area contributed by atoms with Crippen molar-refractivity contribution in [3.05, 3.63) is 65.2 Å². The Morgan fingerprint density at radius 2 is 1.44 bits per heavy atom. The van der Waals surface area contributed by atoms with E-state index >= 15 is 0 Å². The second kappa shape index (κ2) is 10.3. The first-order valence-electron chi connectivity index (χ1n) is 11.5.